The van der Waals surface area contributed by atoms with Crippen LogP contribution in [0.1, 0.15) is 0 Å². The van der Waals surface area contributed by atoms with Crippen molar-refractivity contribution in [3.8, 4) is 5.69 Å². The molecule has 136 valence electrons. The second kappa shape index (κ2) is 6.47. The van der Waals surface area contributed by atoms with Gasteiger partial charge in [-0.15, -0.1) is 10.2 Å². The molecule has 3 aromatic heterocycles. The van der Waals surface area contributed by atoms with Crippen molar-refractivity contribution in [3.63, 3.8) is 0 Å². The van der Waals surface area contributed by atoms with Gasteiger partial charge >= 0.3 is 0 Å². The first kappa shape index (κ1) is 16.5. The minimum atomic E-state index is -0.202. The molecular weight excluding hydrogens is 376 g/mol. The van der Waals surface area contributed by atoms with E-state index < -0.39 is 0 Å². The molecule has 8 heteroatoms. The Morgan fingerprint density at radius 3 is 2.71 bits per heavy atom. The van der Waals surface area contributed by atoms with Gasteiger partial charge in [0.25, 0.3) is 5.56 Å². The van der Waals surface area contributed by atoms with E-state index in [2.05, 4.69) is 20.5 Å². The summed E-state index contributed by atoms with van der Waals surface area (Å²) in [7, 11) is 0. The number of hydrogen-bond donors (Lipinski definition) is 1. The quantitative estimate of drug-likeness (QED) is 0.508. The Morgan fingerprint density at radius 2 is 1.86 bits per heavy atom. The number of nitrogens with zero attached hydrogens (tertiary/aromatic N) is 5. The Labute approximate surface area is 163 Å². The Balaban J connectivity index is 1.74. The topological polar surface area (TPSA) is 77.1 Å². The largest absolute Gasteiger partial charge is 0.324 e. The van der Waals surface area contributed by atoms with Crippen molar-refractivity contribution in [2.45, 2.75) is 0 Å². The second-order valence-corrected chi connectivity index (χ2v) is 6.65. The van der Waals surface area contributed by atoms with Gasteiger partial charge in [0, 0.05) is 11.2 Å². The second-order valence-electron chi connectivity index (χ2n) is 6.21. The summed E-state index contributed by atoms with van der Waals surface area (Å²) in [5.74, 6) is 0.401. The molecule has 0 aliphatic carbocycles. The highest BCUT2D eigenvalue weighted by molar-refractivity contribution is 6.31. The van der Waals surface area contributed by atoms with Crippen molar-refractivity contribution in [3.05, 3.63) is 88.6 Å². The van der Waals surface area contributed by atoms with Gasteiger partial charge in [-0.25, -0.2) is 9.55 Å². The average molecular weight is 389 g/mol. The molecule has 0 saturated carbocycles. The number of anilines is 2. The number of benzene rings is 2. The zero-order chi connectivity index (χ0) is 19.1. The number of para-hydroxylation sites is 1. The lowest BCUT2D eigenvalue weighted by Crippen LogP contribution is -2.22. The maximum absolute atomic E-state index is 13.3. The fraction of sp³-hybridized carbons (Fsp3) is 0. The van der Waals surface area contributed by atoms with E-state index in [1.807, 2.05) is 48.7 Å². The van der Waals surface area contributed by atoms with Gasteiger partial charge in [0.1, 0.15) is 6.33 Å². The zero-order valence-corrected chi connectivity index (χ0v) is 15.2. The third-order valence-corrected chi connectivity index (χ3v) is 4.63. The number of halogens is 1. The highest BCUT2D eigenvalue weighted by Gasteiger charge is 2.14. The molecule has 0 fully saturated rings. The van der Waals surface area contributed by atoms with E-state index in [4.69, 9.17) is 11.6 Å². The van der Waals surface area contributed by atoms with Gasteiger partial charge in [0.15, 0.2) is 5.65 Å². The summed E-state index contributed by atoms with van der Waals surface area (Å²) in [6, 6.07) is 18.1. The minimum absolute atomic E-state index is 0.202. The molecule has 0 spiro atoms. The van der Waals surface area contributed by atoms with Crippen molar-refractivity contribution >= 4 is 39.8 Å². The van der Waals surface area contributed by atoms with Gasteiger partial charge < -0.3 is 5.32 Å². The summed E-state index contributed by atoms with van der Waals surface area (Å²) in [6.07, 6.45) is 3.45. The molecule has 0 saturated heterocycles. The smallest absolute Gasteiger partial charge is 0.267 e. The Bertz CT molecular complexity index is 1380. The summed E-state index contributed by atoms with van der Waals surface area (Å²) in [6.45, 7) is 0. The van der Waals surface area contributed by atoms with Crippen LogP contribution in [0.25, 0.3) is 22.2 Å². The van der Waals surface area contributed by atoms with Gasteiger partial charge in [-0.2, -0.15) is 0 Å². The SMILES string of the molecule is O=c1c2cc(Cl)ccc2nc(Nc2ccc3nncn3c2)n1-c1ccccc1. The Hall–Kier alpha value is -3.71. The highest BCUT2D eigenvalue weighted by Crippen LogP contribution is 2.22. The van der Waals surface area contributed by atoms with Crippen molar-refractivity contribution in [1.29, 1.82) is 0 Å². The fourth-order valence-electron chi connectivity index (χ4n) is 3.09. The molecular formula is C20H13ClN6O. The number of aromatic nitrogens is 5. The molecule has 0 radical (unpaired) electrons. The molecule has 2 aromatic carbocycles. The number of hydrogen-bond acceptors (Lipinski definition) is 5. The monoisotopic (exact) mass is 388 g/mol. The molecule has 5 rings (SSSR count). The van der Waals surface area contributed by atoms with E-state index in [0.29, 0.717) is 27.6 Å². The third-order valence-electron chi connectivity index (χ3n) is 4.39. The van der Waals surface area contributed by atoms with Crippen molar-refractivity contribution in [2.24, 2.45) is 0 Å². The highest BCUT2D eigenvalue weighted by atomic mass is 35.5. The van der Waals surface area contributed by atoms with E-state index in [1.165, 1.54) is 4.57 Å². The molecule has 0 bridgehead atoms. The first-order chi connectivity index (χ1) is 13.7. The van der Waals surface area contributed by atoms with E-state index in [9.17, 15) is 4.79 Å². The van der Waals surface area contributed by atoms with Crippen LogP contribution in [0.4, 0.5) is 11.6 Å². The van der Waals surface area contributed by atoms with Crippen LogP contribution in [0.2, 0.25) is 5.02 Å². The molecule has 0 unspecified atom stereocenters. The summed E-state index contributed by atoms with van der Waals surface area (Å²) in [4.78, 5) is 17.9. The lowest BCUT2D eigenvalue weighted by atomic mass is 10.2. The third kappa shape index (κ3) is 2.78. The van der Waals surface area contributed by atoms with Gasteiger partial charge in [0.2, 0.25) is 5.95 Å². The summed E-state index contributed by atoms with van der Waals surface area (Å²) in [5, 5.41) is 12.1. The number of pyridine rings is 1. The molecule has 28 heavy (non-hydrogen) atoms. The maximum atomic E-state index is 13.3. The zero-order valence-electron chi connectivity index (χ0n) is 14.5. The van der Waals surface area contributed by atoms with Gasteiger partial charge in [-0.3, -0.25) is 9.20 Å². The van der Waals surface area contributed by atoms with Crippen molar-refractivity contribution < 1.29 is 0 Å². The van der Waals surface area contributed by atoms with Gasteiger partial charge in [-0.05, 0) is 42.5 Å². The van der Waals surface area contributed by atoms with E-state index in [-0.39, 0.29) is 5.56 Å². The first-order valence-corrected chi connectivity index (χ1v) is 8.91. The van der Waals surface area contributed by atoms with Crippen molar-refractivity contribution in [1.82, 2.24) is 24.1 Å². The lowest BCUT2D eigenvalue weighted by molar-refractivity contribution is 0.973. The number of nitrogens with one attached hydrogen (secondary N) is 1. The van der Waals surface area contributed by atoms with Gasteiger partial charge in [-0.1, -0.05) is 29.8 Å². The number of fused-ring (bicyclic) bond motifs is 2. The molecule has 3 heterocycles. The summed E-state index contributed by atoms with van der Waals surface area (Å²) in [5.41, 5.74) is 2.54. The van der Waals surface area contributed by atoms with E-state index >= 15 is 0 Å². The normalized spacial score (nSPS) is 11.2. The average Bonchev–Trinajstić information content (AvgIpc) is 3.17. The van der Waals surface area contributed by atoms with E-state index in [0.717, 1.165) is 11.3 Å². The van der Waals surface area contributed by atoms with Crippen LogP contribution in [0, 0.1) is 0 Å². The van der Waals surface area contributed by atoms with Crippen LogP contribution in [-0.2, 0) is 0 Å². The van der Waals surface area contributed by atoms with Crippen LogP contribution < -0.4 is 10.9 Å². The van der Waals surface area contributed by atoms with Crippen LogP contribution in [0.3, 0.4) is 0 Å². The van der Waals surface area contributed by atoms with Crippen LogP contribution >= 0.6 is 11.6 Å². The predicted octanol–water partition coefficient (Wildman–Crippen LogP) is 3.83. The molecule has 1 N–H and O–H groups in total. The van der Waals surface area contributed by atoms with Gasteiger partial charge in [0.05, 0.1) is 22.3 Å². The standard InChI is InChI=1S/C20H13ClN6O/c21-13-6-8-17-16(10-13)19(28)27(15-4-2-1-3-5-15)20(24-17)23-14-7-9-18-25-22-12-26(18)11-14/h1-12H,(H,23,24). The lowest BCUT2D eigenvalue weighted by Gasteiger charge is -2.15. The molecule has 7 nitrogen and oxygen atoms in total. The molecule has 0 amide bonds. The summed E-state index contributed by atoms with van der Waals surface area (Å²) >= 11 is 6.10. The summed E-state index contributed by atoms with van der Waals surface area (Å²) < 4.78 is 3.32. The molecule has 0 aliphatic rings. The van der Waals surface area contributed by atoms with E-state index in [1.54, 1.807) is 28.9 Å². The van der Waals surface area contributed by atoms with Crippen LogP contribution in [0.5, 0.6) is 0 Å². The maximum Gasteiger partial charge on any atom is 0.267 e. The molecule has 0 aliphatic heterocycles. The van der Waals surface area contributed by atoms with Crippen LogP contribution in [-0.4, -0.2) is 24.1 Å². The Morgan fingerprint density at radius 1 is 1.00 bits per heavy atom. The first-order valence-electron chi connectivity index (χ1n) is 8.53. The molecule has 0 atom stereocenters. The minimum Gasteiger partial charge on any atom is -0.324 e. The molecule has 5 aromatic rings. The Kier molecular flexibility index (Phi) is 3.80. The fourth-order valence-corrected chi connectivity index (χ4v) is 3.26. The van der Waals surface area contributed by atoms with Crippen LogP contribution in [0.15, 0.2) is 78.0 Å². The predicted molar refractivity (Wildman–Crippen MR) is 109 cm³/mol. The number of rotatable bonds is 3. The van der Waals surface area contributed by atoms with Crippen molar-refractivity contribution in [2.75, 3.05) is 5.32 Å².